The Bertz CT molecular complexity index is 608. The van der Waals surface area contributed by atoms with Crippen LogP contribution in [0.25, 0.3) is 10.8 Å². The van der Waals surface area contributed by atoms with Gasteiger partial charge in [0.15, 0.2) is 5.78 Å². The second-order valence-electron chi connectivity index (χ2n) is 6.12. The number of halogens is 1. The maximum atomic E-state index is 13.7. The molecule has 2 heteroatoms. The van der Waals surface area contributed by atoms with Gasteiger partial charge in [0, 0.05) is 17.4 Å². The van der Waals surface area contributed by atoms with E-state index in [1.807, 2.05) is 12.1 Å². The van der Waals surface area contributed by atoms with Gasteiger partial charge >= 0.3 is 0 Å². The second kappa shape index (κ2) is 5.12. The lowest BCUT2D eigenvalue weighted by atomic mass is 9.88. The Balaban J connectivity index is 2.35. The summed E-state index contributed by atoms with van der Waals surface area (Å²) in [4.78, 5) is 12.3. The second-order valence-corrected chi connectivity index (χ2v) is 6.12. The zero-order valence-electron chi connectivity index (χ0n) is 11.7. The molecule has 0 atom stereocenters. The summed E-state index contributed by atoms with van der Waals surface area (Å²) >= 11 is 0. The van der Waals surface area contributed by atoms with Crippen LogP contribution in [0, 0.1) is 11.2 Å². The van der Waals surface area contributed by atoms with Crippen LogP contribution in [0.2, 0.25) is 0 Å². The van der Waals surface area contributed by atoms with Gasteiger partial charge in [-0.15, -0.1) is 0 Å². The number of hydrogen-bond donors (Lipinski definition) is 0. The lowest BCUT2D eigenvalue weighted by Gasteiger charge is -2.17. The summed E-state index contributed by atoms with van der Waals surface area (Å²) in [5, 5.41) is 1.23. The molecule has 0 bridgehead atoms. The Morgan fingerprint density at radius 1 is 1.05 bits per heavy atom. The smallest absolute Gasteiger partial charge is 0.163 e. The van der Waals surface area contributed by atoms with Crippen LogP contribution in [0.4, 0.5) is 4.39 Å². The van der Waals surface area contributed by atoms with Crippen molar-refractivity contribution in [3.8, 4) is 0 Å². The average Bonchev–Trinajstić information content (AvgIpc) is 2.36. The predicted octanol–water partition coefficient (Wildman–Crippen LogP) is 4.99. The monoisotopic (exact) mass is 258 g/mol. The zero-order chi connectivity index (χ0) is 14.0. The maximum Gasteiger partial charge on any atom is 0.163 e. The summed E-state index contributed by atoms with van der Waals surface area (Å²) in [7, 11) is 0. The van der Waals surface area contributed by atoms with Crippen molar-refractivity contribution in [2.45, 2.75) is 33.6 Å². The van der Waals surface area contributed by atoms with Crippen LogP contribution >= 0.6 is 0 Å². The van der Waals surface area contributed by atoms with E-state index in [2.05, 4.69) is 20.8 Å². The molecule has 0 aromatic heterocycles. The number of benzene rings is 2. The fourth-order valence-electron chi connectivity index (χ4n) is 2.13. The topological polar surface area (TPSA) is 17.1 Å². The van der Waals surface area contributed by atoms with E-state index in [4.69, 9.17) is 0 Å². The van der Waals surface area contributed by atoms with E-state index in [9.17, 15) is 9.18 Å². The molecule has 0 aliphatic carbocycles. The van der Waals surface area contributed by atoms with Crippen LogP contribution in [0.1, 0.15) is 44.0 Å². The first-order valence-corrected chi connectivity index (χ1v) is 6.59. The molecule has 0 radical (unpaired) electrons. The average molecular weight is 258 g/mol. The van der Waals surface area contributed by atoms with E-state index >= 15 is 0 Å². The molecule has 0 N–H and O–H groups in total. The van der Waals surface area contributed by atoms with Crippen molar-refractivity contribution in [2.24, 2.45) is 5.41 Å². The van der Waals surface area contributed by atoms with Gasteiger partial charge in [0.2, 0.25) is 0 Å². The van der Waals surface area contributed by atoms with Gasteiger partial charge in [0.25, 0.3) is 0 Å². The van der Waals surface area contributed by atoms with Crippen LogP contribution in [0.5, 0.6) is 0 Å². The van der Waals surface area contributed by atoms with Crippen molar-refractivity contribution < 1.29 is 9.18 Å². The molecule has 100 valence electrons. The SMILES string of the molecule is CC(C)(C)CCC(=O)c1ccc(F)c2ccccc12. The van der Waals surface area contributed by atoms with Gasteiger partial charge in [-0.1, -0.05) is 45.0 Å². The normalized spacial score (nSPS) is 11.8. The number of fused-ring (bicyclic) bond motifs is 1. The van der Waals surface area contributed by atoms with Crippen molar-refractivity contribution in [2.75, 3.05) is 0 Å². The van der Waals surface area contributed by atoms with Gasteiger partial charge in [0.1, 0.15) is 5.82 Å². The van der Waals surface area contributed by atoms with Crippen LogP contribution in [-0.2, 0) is 0 Å². The van der Waals surface area contributed by atoms with E-state index in [0.717, 1.165) is 6.42 Å². The van der Waals surface area contributed by atoms with Crippen molar-refractivity contribution in [1.29, 1.82) is 0 Å². The fraction of sp³-hybridized carbons (Fsp3) is 0.353. The number of rotatable bonds is 3. The van der Waals surface area contributed by atoms with Crippen LogP contribution < -0.4 is 0 Å². The molecule has 2 rings (SSSR count). The summed E-state index contributed by atoms with van der Waals surface area (Å²) in [6.07, 6.45) is 1.33. The fourth-order valence-corrected chi connectivity index (χ4v) is 2.13. The Kier molecular flexibility index (Phi) is 3.70. The molecule has 2 aromatic rings. The van der Waals surface area contributed by atoms with Gasteiger partial charge in [-0.25, -0.2) is 4.39 Å². The van der Waals surface area contributed by atoms with Crippen LogP contribution in [-0.4, -0.2) is 5.78 Å². The van der Waals surface area contributed by atoms with E-state index in [1.165, 1.54) is 6.07 Å². The van der Waals surface area contributed by atoms with E-state index < -0.39 is 0 Å². The third kappa shape index (κ3) is 3.19. The molecule has 0 fully saturated rings. The Morgan fingerprint density at radius 2 is 1.68 bits per heavy atom. The first-order chi connectivity index (χ1) is 8.88. The largest absolute Gasteiger partial charge is 0.294 e. The zero-order valence-corrected chi connectivity index (χ0v) is 11.7. The molecule has 0 spiro atoms. The summed E-state index contributed by atoms with van der Waals surface area (Å²) in [5.41, 5.74) is 0.757. The Labute approximate surface area is 113 Å². The van der Waals surface area contributed by atoms with Crippen LogP contribution in [0.15, 0.2) is 36.4 Å². The molecule has 0 saturated carbocycles. The molecule has 0 amide bonds. The highest BCUT2D eigenvalue weighted by atomic mass is 19.1. The molecule has 1 nitrogen and oxygen atoms in total. The number of ketones is 1. The molecular formula is C17H19FO. The number of carbonyl (C=O) groups is 1. The molecule has 0 heterocycles. The van der Waals surface area contributed by atoms with Crippen LogP contribution in [0.3, 0.4) is 0 Å². The summed E-state index contributed by atoms with van der Waals surface area (Å²) in [6.45, 7) is 6.34. The highest BCUT2D eigenvalue weighted by Gasteiger charge is 2.16. The first-order valence-electron chi connectivity index (χ1n) is 6.59. The minimum atomic E-state index is -0.275. The van der Waals surface area contributed by atoms with Crippen molar-refractivity contribution in [3.63, 3.8) is 0 Å². The minimum Gasteiger partial charge on any atom is -0.294 e. The summed E-state index contributed by atoms with van der Waals surface area (Å²) < 4.78 is 13.7. The molecule has 0 aliphatic rings. The Hall–Kier alpha value is -1.70. The molecule has 0 aliphatic heterocycles. The highest BCUT2D eigenvalue weighted by molar-refractivity contribution is 6.08. The maximum absolute atomic E-state index is 13.7. The summed E-state index contributed by atoms with van der Waals surface area (Å²) in [5.74, 6) is -0.186. The van der Waals surface area contributed by atoms with Crippen molar-refractivity contribution in [1.82, 2.24) is 0 Å². The quantitative estimate of drug-likeness (QED) is 0.709. The van der Waals surface area contributed by atoms with Gasteiger partial charge in [-0.3, -0.25) is 4.79 Å². The Morgan fingerprint density at radius 3 is 2.32 bits per heavy atom. The lowest BCUT2D eigenvalue weighted by Crippen LogP contribution is -2.09. The molecule has 2 aromatic carbocycles. The van der Waals surface area contributed by atoms with Gasteiger partial charge in [-0.05, 0) is 29.4 Å². The lowest BCUT2D eigenvalue weighted by molar-refractivity contribution is 0.0967. The first kappa shape index (κ1) is 13.7. The standard InChI is InChI=1S/C17H19FO/c1-17(2,3)11-10-16(19)14-8-9-15(18)13-7-5-4-6-12(13)14/h4-9H,10-11H2,1-3H3. The molecular weight excluding hydrogens is 239 g/mol. The van der Waals surface area contributed by atoms with E-state index in [0.29, 0.717) is 22.8 Å². The molecule has 0 unspecified atom stereocenters. The molecule has 0 saturated heterocycles. The third-order valence-electron chi connectivity index (χ3n) is 3.27. The highest BCUT2D eigenvalue weighted by Crippen LogP contribution is 2.26. The number of carbonyl (C=O) groups excluding carboxylic acids is 1. The number of Topliss-reactive ketones (excluding diaryl/α,β-unsaturated/α-hetero) is 1. The number of hydrogen-bond acceptors (Lipinski definition) is 1. The third-order valence-corrected chi connectivity index (χ3v) is 3.27. The van der Waals surface area contributed by atoms with Crippen molar-refractivity contribution >= 4 is 16.6 Å². The van der Waals surface area contributed by atoms with Gasteiger partial charge in [-0.2, -0.15) is 0 Å². The molecule has 19 heavy (non-hydrogen) atoms. The van der Waals surface area contributed by atoms with Crippen molar-refractivity contribution in [3.05, 3.63) is 47.8 Å². The minimum absolute atomic E-state index is 0.0890. The van der Waals surface area contributed by atoms with Gasteiger partial charge < -0.3 is 0 Å². The summed E-state index contributed by atoms with van der Waals surface area (Å²) in [6, 6.07) is 10.1. The van der Waals surface area contributed by atoms with E-state index in [-0.39, 0.29) is 17.0 Å². The van der Waals surface area contributed by atoms with E-state index in [1.54, 1.807) is 18.2 Å². The van der Waals surface area contributed by atoms with Gasteiger partial charge in [0.05, 0.1) is 0 Å². The predicted molar refractivity (Wildman–Crippen MR) is 76.9 cm³/mol.